The third-order valence-electron chi connectivity index (χ3n) is 5.88. The molecule has 2 aliphatic rings. The summed E-state index contributed by atoms with van der Waals surface area (Å²) in [6.07, 6.45) is 9.19. The van der Waals surface area contributed by atoms with E-state index in [0.29, 0.717) is 19.6 Å². The Hall–Kier alpha value is -2.17. The lowest BCUT2D eigenvalue weighted by atomic mass is 9.89. The van der Waals surface area contributed by atoms with Crippen molar-refractivity contribution in [2.75, 3.05) is 39.3 Å². The van der Waals surface area contributed by atoms with E-state index < -0.39 is 0 Å². The fraction of sp³-hybridized carbons (Fsp3) is 0.458. The van der Waals surface area contributed by atoms with Crippen molar-refractivity contribution in [3.05, 3.63) is 72.9 Å². The van der Waals surface area contributed by atoms with Crippen molar-refractivity contribution in [3.8, 4) is 0 Å². The summed E-state index contributed by atoms with van der Waals surface area (Å²) in [6, 6.07) is 9.99. The van der Waals surface area contributed by atoms with Gasteiger partial charge >= 0.3 is 0 Å². The maximum Gasteiger partial charge on any atom is 0.227 e. The molecule has 0 N–H and O–H groups in total. The molecule has 4 heteroatoms. The van der Waals surface area contributed by atoms with Crippen LogP contribution in [0.1, 0.15) is 24.8 Å². The summed E-state index contributed by atoms with van der Waals surface area (Å²) in [5.74, 6) is 0.210. The predicted octanol–water partition coefficient (Wildman–Crippen LogP) is 3.61. The third-order valence-corrected chi connectivity index (χ3v) is 5.88. The summed E-state index contributed by atoms with van der Waals surface area (Å²) in [5.41, 5.74) is 2.13. The molecule has 2 fully saturated rings. The molecule has 1 amide bonds. The number of piperidine rings is 1. The molecule has 1 aromatic carbocycles. The van der Waals surface area contributed by atoms with Crippen LogP contribution >= 0.6 is 0 Å². The monoisotopic (exact) mass is 380 g/mol. The van der Waals surface area contributed by atoms with E-state index in [1.54, 1.807) is 0 Å². The second-order valence-corrected chi connectivity index (χ2v) is 7.78. The van der Waals surface area contributed by atoms with Crippen LogP contribution in [0.3, 0.4) is 0 Å². The molecule has 0 radical (unpaired) electrons. The van der Waals surface area contributed by atoms with Gasteiger partial charge in [0, 0.05) is 32.7 Å². The van der Waals surface area contributed by atoms with Crippen LogP contribution in [0.15, 0.2) is 67.3 Å². The molecule has 0 saturated carbocycles. The number of hydrogen-bond donors (Lipinski definition) is 0. The van der Waals surface area contributed by atoms with Gasteiger partial charge in [0.05, 0.1) is 18.6 Å². The van der Waals surface area contributed by atoms with E-state index in [2.05, 4.69) is 18.1 Å². The lowest BCUT2D eigenvalue weighted by Gasteiger charge is -2.47. The molecule has 0 unspecified atom stereocenters. The van der Waals surface area contributed by atoms with Crippen LogP contribution in [0, 0.1) is 0 Å². The molecule has 0 atom stereocenters. The molecule has 4 nitrogen and oxygen atoms in total. The number of likely N-dealkylation sites (tertiary alicyclic amines) is 1. The largest absolute Gasteiger partial charge is 0.371 e. The van der Waals surface area contributed by atoms with E-state index >= 15 is 0 Å². The average molecular weight is 381 g/mol. The summed E-state index contributed by atoms with van der Waals surface area (Å²) in [4.78, 5) is 17.3. The van der Waals surface area contributed by atoms with Gasteiger partial charge in [0.15, 0.2) is 0 Å². The SMILES string of the molecule is C=C/C=C(\C=C)CCN1CCC2(CC1)CN(C(=O)Cc1ccccc1)CCO2. The highest BCUT2D eigenvalue weighted by Crippen LogP contribution is 2.30. The topological polar surface area (TPSA) is 32.8 Å². The minimum absolute atomic E-state index is 0.167. The fourth-order valence-corrected chi connectivity index (χ4v) is 4.12. The molecule has 28 heavy (non-hydrogen) atoms. The summed E-state index contributed by atoms with van der Waals surface area (Å²) in [6.45, 7) is 12.8. The molecule has 3 rings (SSSR count). The van der Waals surface area contributed by atoms with Gasteiger partial charge in [-0.3, -0.25) is 4.79 Å². The van der Waals surface area contributed by atoms with Crippen molar-refractivity contribution in [1.29, 1.82) is 0 Å². The van der Waals surface area contributed by atoms with Gasteiger partial charge < -0.3 is 14.5 Å². The number of carbonyl (C=O) groups is 1. The normalized spacial score (nSPS) is 20.1. The van der Waals surface area contributed by atoms with Crippen molar-refractivity contribution in [1.82, 2.24) is 9.80 Å². The minimum Gasteiger partial charge on any atom is -0.371 e. The van der Waals surface area contributed by atoms with Crippen LogP contribution in [-0.4, -0.2) is 60.6 Å². The van der Waals surface area contributed by atoms with Crippen LogP contribution < -0.4 is 0 Å². The Labute approximate surface area is 169 Å². The molecule has 0 aromatic heterocycles. The first-order valence-corrected chi connectivity index (χ1v) is 10.3. The first kappa shape index (κ1) is 20.6. The number of rotatable bonds is 7. The maximum atomic E-state index is 12.8. The lowest BCUT2D eigenvalue weighted by Crippen LogP contribution is -2.58. The Bertz CT molecular complexity index is 703. The van der Waals surface area contributed by atoms with Crippen molar-refractivity contribution < 1.29 is 9.53 Å². The van der Waals surface area contributed by atoms with Crippen molar-refractivity contribution in [2.24, 2.45) is 0 Å². The number of nitrogens with zero attached hydrogens (tertiary/aromatic N) is 2. The zero-order valence-corrected chi connectivity index (χ0v) is 16.8. The van der Waals surface area contributed by atoms with Crippen LogP contribution in [0.25, 0.3) is 0 Å². The molecule has 150 valence electrons. The third kappa shape index (κ3) is 5.43. The number of hydrogen-bond acceptors (Lipinski definition) is 3. The van der Waals surface area contributed by atoms with Crippen LogP contribution in [-0.2, 0) is 16.0 Å². The van der Waals surface area contributed by atoms with E-state index in [-0.39, 0.29) is 11.5 Å². The predicted molar refractivity (Wildman–Crippen MR) is 114 cm³/mol. The van der Waals surface area contributed by atoms with Crippen molar-refractivity contribution in [2.45, 2.75) is 31.3 Å². The number of allylic oxidation sites excluding steroid dienone is 3. The Morgan fingerprint density at radius 1 is 1.14 bits per heavy atom. The standard InChI is InChI=1S/C24H32N2O2/c1-3-8-21(4-2)11-14-25-15-12-24(13-16-25)20-26(17-18-28-24)23(27)19-22-9-6-5-7-10-22/h3-10H,1-2,11-20H2/b21-8+. The Kier molecular flexibility index (Phi) is 7.24. The average Bonchev–Trinajstić information content (AvgIpc) is 2.73. The molecule has 1 spiro atoms. The van der Waals surface area contributed by atoms with Gasteiger partial charge in [-0.1, -0.05) is 61.7 Å². The minimum atomic E-state index is -0.167. The molecular weight excluding hydrogens is 348 g/mol. The van der Waals surface area contributed by atoms with Gasteiger partial charge in [-0.25, -0.2) is 0 Å². The number of carbonyl (C=O) groups excluding carboxylic acids is 1. The fourth-order valence-electron chi connectivity index (χ4n) is 4.12. The van der Waals surface area contributed by atoms with Gasteiger partial charge in [0.2, 0.25) is 5.91 Å². The van der Waals surface area contributed by atoms with E-state index in [0.717, 1.165) is 51.0 Å². The molecule has 0 bridgehead atoms. The summed E-state index contributed by atoms with van der Waals surface area (Å²) in [5, 5.41) is 0. The molecule has 1 aromatic rings. The Morgan fingerprint density at radius 3 is 2.57 bits per heavy atom. The lowest BCUT2D eigenvalue weighted by molar-refractivity contribution is -0.158. The zero-order chi connectivity index (χ0) is 19.8. The number of ether oxygens (including phenoxy) is 1. The van der Waals surface area contributed by atoms with Crippen LogP contribution in [0.5, 0.6) is 0 Å². The summed E-state index contributed by atoms with van der Waals surface area (Å²) < 4.78 is 6.21. The first-order chi connectivity index (χ1) is 13.6. The molecule has 2 aliphatic heterocycles. The quantitative estimate of drug-likeness (QED) is 0.678. The van der Waals surface area contributed by atoms with Gasteiger partial charge in [-0.05, 0) is 30.4 Å². The second kappa shape index (κ2) is 9.85. The van der Waals surface area contributed by atoms with Crippen molar-refractivity contribution in [3.63, 3.8) is 0 Å². The smallest absolute Gasteiger partial charge is 0.227 e. The summed E-state index contributed by atoms with van der Waals surface area (Å²) in [7, 11) is 0. The van der Waals surface area contributed by atoms with Crippen LogP contribution in [0.4, 0.5) is 0 Å². The number of amides is 1. The highest BCUT2D eigenvalue weighted by Gasteiger charge is 2.40. The van der Waals surface area contributed by atoms with Gasteiger partial charge in [0.25, 0.3) is 0 Å². The van der Waals surface area contributed by atoms with E-state index in [9.17, 15) is 4.79 Å². The highest BCUT2D eigenvalue weighted by atomic mass is 16.5. The van der Waals surface area contributed by atoms with E-state index in [1.165, 1.54) is 5.57 Å². The second-order valence-electron chi connectivity index (χ2n) is 7.78. The van der Waals surface area contributed by atoms with Crippen LogP contribution in [0.2, 0.25) is 0 Å². The van der Waals surface area contributed by atoms with Gasteiger partial charge in [0.1, 0.15) is 0 Å². The highest BCUT2D eigenvalue weighted by molar-refractivity contribution is 5.79. The van der Waals surface area contributed by atoms with E-state index in [4.69, 9.17) is 4.74 Å². The zero-order valence-electron chi connectivity index (χ0n) is 16.8. The van der Waals surface area contributed by atoms with Gasteiger partial charge in [-0.2, -0.15) is 0 Å². The van der Waals surface area contributed by atoms with Gasteiger partial charge in [-0.15, -0.1) is 0 Å². The molecule has 2 heterocycles. The molecule has 0 aliphatic carbocycles. The summed E-state index contributed by atoms with van der Waals surface area (Å²) >= 11 is 0. The first-order valence-electron chi connectivity index (χ1n) is 10.3. The number of morpholine rings is 1. The molecule has 2 saturated heterocycles. The Balaban J connectivity index is 1.50. The van der Waals surface area contributed by atoms with Crippen molar-refractivity contribution >= 4 is 5.91 Å². The Morgan fingerprint density at radius 2 is 1.89 bits per heavy atom. The van der Waals surface area contributed by atoms with E-state index in [1.807, 2.05) is 53.5 Å². The maximum absolute atomic E-state index is 12.8. The number of benzene rings is 1. The molecular formula is C24H32N2O2.